The van der Waals surface area contributed by atoms with Crippen molar-refractivity contribution in [3.63, 3.8) is 0 Å². The van der Waals surface area contributed by atoms with Crippen LogP contribution in [0, 0.1) is 0 Å². The van der Waals surface area contributed by atoms with Crippen molar-refractivity contribution in [2.45, 2.75) is 37.7 Å². The number of aliphatic hydroxyl groups is 1. The van der Waals surface area contributed by atoms with E-state index >= 15 is 0 Å². The summed E-state index contributed by atoms with van der Waals surface area (Å²) in [5.41, 5.74) is 1.42. The molecule has 4 aromatic rings. The van der Waals surface area contributed by atoms with Gasteiger partial charge in [0.1, 0.15) is 18.5 Å². The number of β-amino-alcohol motifs (C(OH)–C–C–N with tert-alkyl or cyclic N) is 1. The quantitative estimate of drug-likeness (QED) is 0.333. The van der Waals surface area contributed by atoms with Gasteiger partial charge in [0.2, 0.25) is 0 Å². The van der Waals surface area contributed by atoms with E-state index in [-0.39, 0.29) is 12.5 Å². The van der Waals surface area contributed by atoms with Crippen molar-refractivity contribution in [3.05, 3.63) is 77.2 Å². The van der Waals surface area contributed by atoms with Crippen molar-refractivity contribution < 1.29 is 14.6 Å². The van der Waals surface area contributed by atoms with E-state index in [1.54, 1.807) is 0 Å². The maximum Gasteiger partial charge on any atom is 0.263 e. The summed E-state index contributed by atoms with van der Waals surface area (Å²) < 4.78 is 7.12. The first-order chi connectivity index (χ1) is 18.1. The van der Waals surface area contributed by atoms with Crippen LogP contribution in [0.1, 0.15) is 46.8 Å². The lowest BCUT2D eigenvalue weighted by atomic mass is 9.88. The third kappa shape index (κ3) is 5.37. The summed E-state index contributed by atoms with van der Waals surface area (Å²) in [6, 6.07) is 23.3. The third-order valence-corrected chi connectivity index (χ3v) is 8.95. The topological polar surface area (TPSA) is 53.0 Å². The zero-order valence-electron chi connectivity index (χ0n) is 21.1. The predicted molar refractivity (Wildman–Crippen MR) is 151 cm³/mol. The van der Waals surface area contributed by atoms with E-state index in [0.29, 0.717) is 12.5 Å². The standard InChI is InChI=1S/C31H34N2O3S/c34-26(20-32-16-12-23(13-17-32)25-11-10-22-6-1-2-7-24(22)18-25)21-36-28-8-5-9-29-27(28)19-30(37-29)31(35)33-14-3-4-15-33/h1-2,5-11,18-19,23,26,34H,3-4,12-17,20-21H2/t26-/m0/s1. The highest BCUT2D eigenvalue weighted by molar-refractivity contribution is 7.20. The Morgan fingerprint density at radius 1 is 0.946 bits per heavy atom. The van der Waals surface area contributed by atoms with Gasteiger partial charge in [0.25, 0.3) is 5.91 Å². The number of benzene rings is 3. The largest absolute Gasteiger partial charge is 0.490 e. The molecule has 0 saturated carbocycles. The molecule has 1 N–H and O–H groups in total. The first kappa shape index (κ1) is 24.4. The lowest BCUT2D eigenvalue weighted by Crippen LogP contribution is -2.40. The third-order valence-electron chi connectivity index (χ3n) is 7.86. The van der Waals surface area contributed by atoms with Gasteiger partial charge in [0.15, 0.2) is 0 Å². The van der Waals surface area contributed by atoms with Crippen LogP contribution in [0.5, 0.6) is 5.75 Å². The van der Waals surface area contributed by atoms with Gasteiger partial charge in [-0.25, -0.2) is 0 Å². The minimum Gasteiger partial charge on any atom is -0.490 e. The Morgan fingerprint density at radius 3 is 2.54 bits per heavy atom. The number of hydrogen-bond donors (Lipinski definition) is 1. The molecule has 2 aliphatic heterocycles. The van der Waals surface area contributed by atoms with E-state index < -0.39 is 6.10 Å². The minimum absolute atomic E-state index is 0.122. The molecule has 0 radical (unpaired) electrons. The van der Waals surface area contributed by atoms with Crippen LogP contribution in [0.3, 0.4) is 0 Å². The Balaban J connectivity index is 1.02. The van der Waals surface area contributed by atoms with Crippen LogP contribution in [-0.2, 0) is 0 Å². The number of nitrogens with zero attached hydrogens (tertiary/aromatic N) is 2. The number of rotatable bonds is 7. The Hall–Kier alpha value is -2.93. The summed E-state index contributed by atoms with van der Waals surface area (Å²) in [7, 11) is 0. The molecule has 3 aromatic carbocycles. The average Bonchev–Trinajstić information content (AvgIpc) is 3.63. The van der Waals surface area contributed by atoms with Gasteiger partial charge in [-0.1, -0.05) is 48.5 Å². The van der Waals surface area contributed by atoms with Crippen molar-refractivity contribution in [2.24, 2.45) is 0 Å². The van der Waals surface area contributed by atoms with Crippen LogP contribution in [0.2, 0.25) is 0 Å². The number of likely N-dealkylation sites (tertiary alicyclic amines) is 2. The number of ether oxygens (including phenoxy) is 1. The van der Waals surface area contributed by atoms with Crippen LogP contribution >= 0.6 is 11.3 Å². The monoisotopic (exact) mass is 514 g/mol. The fourth-order valence-corrected chi connectivity index (χ4v) is 6.83. The van der Waals surface area contributed by atoms with Gasteiger partial charge >= 0.3 is 0 Å². The molecule has 0 aliphatic carbocycles. The summed E-state index contributed by atoms with van der Waals surface area (Å²) in [4.78, 5) is 17.9. The van der Waals surface area contributed by atoms with Gasteiger partial charge in [0, 0.05) is 29.7 Å². The zero-order valence-corrected chi connectivity index (χ0v) is 22.0. The predicted octanol–water partition coefficient (Wildman–Crippen LogP) is 5.91. The smallest absolute Gasteiger partial charge is 0.263 e. The molecule has 2 saturated heterocycles. The number of hydrogen-bond acceptors (Lipinski definition) is 5. The Morgan fingerprint density at radius 2 is 1.73 bits per heavy atom. The van der Waals surface area contributed by atoms with Gasteiger partial charge in [-0.3, -0.25) is 4.79 Å². The van der Waals surface area contributed by atoms with Gasteiger partial charge in [-0.05, 0) is 79.2 Å². The van der Waals surface area contributed by atoms with Crippen LogP contribution in [-0.4, -0.2) is 66.2 Å². The molecule has 0 unspecified atom stereocenters. The van der Waals surface area contributed by atoms with Gasteiger partial charge < -0.3 is 19.6 Å². The Bertz CT molecular complexity index is 1390. The van der Waals surface area contributed by atoms with Crippen LogP contribution < -0.4 is 4.74 Å². The van der Waals surface area contributed by atoms with Crippen LogP contribution in [0.25, 0.3) is 20.9 Å². The summed E-state index contributed by atoms with van der Waals surface area (Å²) in [6.45, 7) is 4.52. The molecule has 192 valence electrons. The molecule has 0 spiro atoms. The van der Waals surface area contributed by atoms with Crippen LogP contribution in [0.4, 0.5) is 0 Å². The SMILES string of the molecule is O=C(c1cc2c(OC[C@@H](O)CN3CCC(c4ccc5ccccc5c4)CC3)cccc2s1)N1CCCC1. The normalized spacial score (nSPS) is 18.0. The highest BCUT2D eigenvalue weighted by atomic mass is 32.1. The molecule has 1 atom stereocenters. The second-order valence-electron chi connectivity index (χ2n) is 10.4. The number of carbonyl (C=O) groups is 1. The number of amides is 1. The van der Waals surface area contributed by atoms with E-state index in [0.717, 1.165) is 72.6 Å². The van der Waals surface area contributed by atoms with Crippen molar-refractivity contribution in [2.75, 3.05) is 39.3 Å². The molecule has 6 heteroatoms. The van der Waals surface area contributed by atoms with Gasteiger partial charge in [-0.2, -0.15) is 0 Å². The van der Waals surface area contributed by atoms with E-state index in [1.807, 2.05) is 29.2 Å². The molecule has 1 aromatic heterocycles. The van der Waals surface area contributed by atoms with E-state index in [9.17, 15) is 9.90 Å². The summed E-state index contributed by atoms with van der Waals surface area (Å²) >= 11 is 1.53. The lowest BCUT2D eigenvalue weighted by Gasteiger charge is -2.33. The molecular weight excluding hydrogens is 480 g/mol. The molecule has 1 amide bonds. The summed E-state index contributed by atoms with van der Waals surface area (Å²) in [5.74, 6) is 1.43. The molecule has 0 bridgehead atoms. The Labute approximate surface area is 222 Å². The van der Waals surface area contributed by atoms with Crippen molar-refractivity contribution in [3.8, 4) is 5.75 Å². The number of aliphatic hydroxyl groups excluding tert-OH is 1. The fraction of sp³-hybridized carbons (Fsp3) is 0.387. The molecule has 2 fully saturated rings. The van der Waals surface area contributed by atoms with E-state index in [4.69, 9.17) is 4.74 Å². The molecular formula is C31H34N2O3S. The van der Waals surface area contributed by atoms with Crippen molar-refractivity contribution in [1.82, 2.24) is 9.80 Å². The Kier molecular flexibility index (Phi) is 7.14. The molecule has 3 heterocycles. The van der Waals surface area contributed by atoms with Gasteiger partial charge in [0.05, 0.1) is 4.88 Å². The first-order valence-corrected chi connectivity index (χ1v) is 14.3. The highest BCUT2D eigenvalue weighted by Crippen LogP contribution is 2.34. The molecule has 37 heavy (non-hydrogen) atoms. The second kappa shape index (κ2) is 10.8. The van der Waals surface area contributed by atoms with Crippen molar-refractivity contribution in [1.29, 1.82) is 0 Å². The van der Waals surface area contributed by atoms with Crippen molar-refractivity contribution >= 4 is 38.1 Å². The maximum atomic E-state index is 12.8. The lowest BCUT2D eigenvalue weighted by molar-refractivity contribution is 0.0599. The number of fused-ring (bicyclic) bond motifs is 2. The second-order valence-corrected chi connectivity index (χ2v) is 11.5. The number of piperidine rings is 1. The highest BCUT2D eigenvalue weighted by Gasteiger charge is 2.24. The molecule has 2 aliphatic rings. The maximum absolute atomic E-state index is 12.8. The average molecular weight is 515 g/mol. The fourth-order valence-electron chi connectivity index (χ4n) is 5.79. The number of thiophene rings is 1. The molecule has 6 rings (SSSR count). The minimum atomic E-state index is -0.559. The number of carbonyl (C=O) groups excluding carboxylic acids is 1. The summed E-state index contributed by atoms with van der Waals surface area (Å²) in [6.07, 6.45) is 3.83. The molecule has 5 nitrogen and oxygen atoms in total. The van der Waals surface area contributed by atoms with E-state index in [1.165, 1.54) is 27.7 Å². The zero-order chi connectivity index (χ0) is 25.2. The van der Waals surface area contributed by atoms with Crippen LogP contribution in [0.15, 0.2) is 66.7 Å². The summed E-state index contributed by atoms with van der Waals surface area (Å²) in [5, 5.41) is 14.3. The first-order valence-electron chi connectivity index (χ1n) is 13.5. The van der Waals surface area contributed by atoms with Gasteiger partial charge in [-0.15, -0.1) is 11.3 Å². The van der Waals surface area contributed by atoms with E-state index in [2.05, 4.69) is 47.4 Å².